The Morgan fingerprint density at radius 3 is 2.91 bits per heavy atom. The lowest BCUT2D eigenvalue weighted by atomic mass is 10.1. The second-order valence-corrected chi connectivity index (χ2v) is 6.60. The molecule has 6 heteroatoms. The largest absolute Gasteiger partial charge is 0.454 e. The van der Waals surface area contributed by atoms with Crippen molar-refractivity contribution in [3.05, 3.63) is 29.5 Å². The average molecular weight is 334 g/mol. The molecule has 23 heavy (non-hydrogen) atoms. The summed E-state index contributed by atoms with van der Waals surface area (Å²) in [6.45, 7) is 2.39. The maximum absolute atomic E-state index is 6.42. The van der Waals surface area contributed by atoms with Crippen LogP contribution in [0, 0.1) is 0 Å². The zero-order chi connectivity index (χ0) is 15.8. The van der Waals surface area contributed by atoms with E-state index in [1.165, 1.54) is 19.4 Å². The lowest BCUT2D eigenvalue weighted by Gasteiger charge is -2.20. The van der Waals surface area contributed by atoms with E-state index < -0.39 is 0 Å². The number of nitrogens with zero attached hydrogens (tertiary/aromatic N) is 3. The Bertz CT molecular complexity index is 716. The first-order valence-corrected chi connectivity index (χ1v) is 8.41. The van der Waals surface area contributed by atoms with Crippen molar-refractivity contribution >= 4 is 11.6 Å². The molecular weight excluding hydrogens is 314 g/mol. The molecule has 1 atom stereocenters. The highest BCUT2D eigenvalue weighted by atomic mass is 35.5. The number of likely N-dealkylation sites (tertiary alicyclic amines) is 1. The highest BCUT2D eigenvalue weighted by Gasteiger charge is 2.22. The standard InChI is InChI=1S/C17H20ClN3O2/c1-20-6-2-3-12(20)4-7-21-8-5-19-17(21)13-9-15-16(10-14(13)18)23-11-22-15/h5,8-10,12H,2-4,6-7,11H2,1H3/t12-/m0/s1. The van der Waals surface area contributed by atoms with Crippen molar-refractivity contribution in [2.75, 3.05) is 20.4 Å². The van der Waals surface area contributed by atoms with E-state index in [0.29, 0.717) is 16.8 Å². The number of ether oxygens (including phenoxy) is 2. The lowest BCUT2D eigenvalue weighted by molar-refractivity contribution is 0.174. The number of aryl methyl sites for hydroxylation is 1. The number of aromatic nitrogens is 2. The van der Waals surface area contributed by atoms with Crippen molar-refractivity contribution in [1.29, 1.82) is 0 Å². The summed E-state index contributed by atoms with van der Waals surface area (Å²) >= 11 is 6.42. The number of halogens is 1. The maximum Gasteiger partial charge on any atom is 0.231 e. The summed E-state index contributed by atoms with van der Waals surface area (Å²) in [6, 6.07) is 4.39. The SMILES string of the molecule is CN1CCC[C@H]1CCn1ccnc1-c1cc2c(cc1Cl)OCO2. The fraction of sp³-hybridized carbons (Fsp3) is 0.471. The van der Waals surface area contributed by atoms with Crippen molar-refractivity contribution in [2.24, 2.45) is 0 Å². The van der Waals surface area contributed by atoms with Crippen LogP contribution in [-0.2, 0) is 6.54 Å². The van der Waals surface area contributed by atoms with Crippen molar-refractivity contribution in [3.8, 4) is 22.9 Å². The van der Waals surface area contributed by atoms with Crippen LogP contribution in [0.5, 0.6) is 11.5 Å². The van der Waals surface area contributed by atoms with E-state index in [1.807, 2.05) is 24.5 Å². The van der Waals surface area contributed by atoms with E-state index in [2.05, 4.69) is 21.5 Å². The third-order valence-corrected chi connectivity index (χ3v) is 5.11. The van der Waals surface area contributed by atoms with Crippen LogP contribution in [-0.4, -0.2) is 40.9 Å². The van der Waals surface area contributed by atoms with Gasteiger partial charge in [0.05, 0.1) is 5.02 Å². The van der Waals surface area contributed by atoms with Gasteiger partial charge in [0.2, 0.25) is 6.79 Å². The van der Waals surface area contributed by atoms with Crippen LogP contribution in [0.4, 0.5) is 0 Å². The monoisotopic (exact) mass is 333 g/mol. The molecule has 0 amide bonds. The summed E-state index contributed by atoms with van der Waals surface area (Å²) in [6.07, 6.45) is 7.55. The van der Waals surface area contributed by atoms with Crippen molar-refractivity contribution in [1.82, 2.24) is 14.5 Å². The molecule has 1 saturated heterocycles. The van der Waals surface area contributed by atoms with Crippen LogP contribution in [0.25, 0.3) is 11.4 Å². The maximum atomic E-state index is 6.42. The topological polar surface area (TPSA) is 39.5 Å². The number of hydrogen-bond donors (Lipinski definition) is 0. The minimum absolute atomic E-state index is 0.248. The van der Waals surface area contributed by atoms with Crippen LogP contribution in [0.2, 0.25) is 5.02 Å². The zero-order valence-corrected chi connectivity index (χ0v) is 13.9. The summed E-state index contributed by atoms with van der Waals surface area (Å²) in [5, 5.41) is 0.639. The number of benzene rings is 1. The average Bonchev–Trinajstić information content (AvgIpc) is 3.24. The number of hydrogen-bond acceptors (Lipinski definition) is 4. The highest BCUT2D eigenvalue weighted by molar-refractivity contribution is 6.33. The van der Waals surface area contributed by atoms with Gasteiger partial charge in [0.1, 0.15) is 5.82 Å². The summed E-state index contributed by atoms with van der Waals surface area (Å²) in [4.78, 5) is 6.95. The van der Waals surface area contributed by atoms with Crippen LogP contribution < -0.4 is 9.47 Å². The van der Waals surface area contributed by atoms with E-state index in [1.54, 1.807) is 0 Å². The smallest absolute Gasteiger partial charge is 0.231 e. The fourth-order valence-electron chi connectivity index (χ4n) is 3.45. The molecule has 2 aliphatic rings. The second-order valence-electron chi connectivity index (χ2n) is 6.19. The summed E-state index contributed by atoms with van der Waals surface area (Å²) < 4.78 is 13.0. The molecule has 0 spiro atoms. The van der Waals surface area contributed by atoms with Crippen molar-refractivity contribution in [3.63, 3.8) is 0 Å². The predicted molar refractivity (Wildman–Crippen MR) is 89.1 cm³/mol. The minimum atomic E-state index is 0.248. The molecule has 0 bridgehead atoms. The Labute approximate surface area is 140 Å². The van der Waals surface area contributed by atoms with Crippen molar-refractivity contribution < 1.29 is 9.47 Å². The number of imidazole rings is 1. The van der Waals surface area contributed by atoms with Crippen LogP contribution >= 0.6 is 11.6 Å². The first-order chi connectivity index (χ1) is 11.2. The molecule has 0 aliphatic carbocycles. The van der Waals surface area contributed by atoms with Gasteiger partial charge in [0, 0.05) is 36.6 Å². The van der Waals surface area contributed by atoms with Gasteiger partial charge >= 0.3 is 0 Å². The highest BCUT2D eigenvalue weighted by Crippen LogP contribution is 2.40. The zero-order valence-electron chi connectivity index (χ0n) is 13.2. The second kappa shape index (κ2) is 6.06. The first kappa shape index (κ1) is 14.8. The molecule has 1 fully saturated rings. The third-order valence-electron chi connectivity index (χ3n) is 4.79. The fourth-order valence-corrected chi connectivity index (χ4v) is 3.69. The van der Waals surface area contributed by atoms with E-state index in [-0.39, 0.29) is 6.79 Å². The van der Waals surface area contributed by atoms with Gasteiger partial charge in [-0.1, -0.05) is 11.6 Å². The van der Waals surface area contributed by atoms with Gasteiger partial charge in [0.25, 0.3) is 0 Å². The number of rotatable bonds is 4. The predicted octanol–water partition coefficient (Wildman–Crippen LogP) is 3.42. The Morgan fingerprint density at radius 1 is 1.30 bits per heavy atom. The quantitative estimate of drug-likeness (QED) is 0.859. The molecular formula is C17H20ClN3O2. The molecule has 2 aromatic rings. The molecule has 0 saturated carbocycles. The van der Waals surface area contributed by atoms with Gasteiger partial charge in [-0.3, -0.25) is 0 Å². The van der Waals surface area contributed by atoms with Crippen molar-refractivity contribution in [2.45, 2.75) is 31.8 Å². The van der Waals surface area contributed by atoms with Gasteiger partial charge < -0.3 is 18.9 Å². The first-order valence-electron chi connectivity index (χ1n) is 8.03. The summed E-state index contributed by atoms with van der Waals surface area (Å²) in [5.41, 5.74) is 0.890. The molecule has 5 nitrogen and oxygen atoms in total. The molecule has 0 unspecified atom stereocenters. The number of fused-ring (bicyclic) bond motifs is 1. The van der Waals surface area contributed by atoms with Crippen LogP contribution in [0.1, 0.15) is 19.3 Å². The van der Waals surface area contributed by atoms with Gasteiger partial charge in [0.15, 0.2) is 11.5 Å². The minimum Gasteiger partial charge on any atom is -0.454 e. The Hall–Kier alpha value is -1.72. The molecule has 122 valence electrons. The van der Waals surface area contributed by atoms with Crippen LogP contribution in [0.3, 0.4) is 0 Å². The molecule has 4 rings (SSSR count). The summed E-state index contributed by atoms with van der Waals surface area (Å²) in [7, 11) is 2.21. The van der Waals surface area contributed by atoms with Gasteiger partial charge in [-0.2, -0.15) is 0 Å². The normalized spacial score (nSPS) is 20.3. The van der Waals surface area contributed by atoms with E-state index in [0.717, 1.165) is 30.1 Å². The molecule has 2 aliphatic heterocycles. The van der Waals surface area contributed by atoms with Gasteiger partial charge in [-0.05, 0) is 38.9 Å². The molecule has 0 N–H and O–H groups in total. The lowest BCUT2D eigenvalue weighted by Crippen LogP contribution is -2.26. The molecule has 1 aromatic heterocycles. The Morgan fingerprint density at radius 2 is 2.13 bits per heavy atom. The Balaban J connectivity index is 1.57. The third kappa shape index (κ3) is 2.79. The molecule has 0 radical (unpaired) electrons. The molecule has 3 heterocycles. The summed E-state index contributed by atoms with van der Waals surface area (Å²) in [5.74, 6) is 2.31. The van der Waals surface area contributed by atoms with E-state index >= 15 is 0 Å². The van der Waals surface area contributed by atoms with E-state index in [9.17, 15) is 0 Å². The van der Waals surface area contributed by atoms with Crippen LogP contribution in [0.15, 0.2) is 24.5 Å². The van der Waals surface area contributed by atoms with E-state index in [4.69, 9.17) is 21.1 Å². The molecule has 1 aromatic carbocycles. The Kier molecular flexibility index (Phi) is 3.91. The van der Waals surface area contributed by atoms with Gasteiger partial charge in [-0.15, -0.1) is 0 Å². The van der Waals surface area contributed by atoms with Gasteiger partial charge in [-0.25, -0.2) is 4.98 Å².